The molecule has 0 unspecified atom stereocenters. The second-order valence-electron chi connectivity index (χ2n) is 4.02. The molecular formula is C14H10Br2F2O2. The zero-order valence-electron chi connectivity index (χ0n) is 10.2. The van der Waals surface area contributed by atoms with E-state index in [1.165, 1.54) is 12.1 Å². The van der Waals surface area contributed by atoms with E-state index in [1.807, 2.05) is 0 Å². The Labute approximate surface area is 131 Å². The summed E-state index contributed by atoms with van der Waals surface area (Å²) < 4.78 is 33.7. The van der Waals surface area contributed by atoms with E-state index in [0.29, 0.717) is 11.3 Å². The van der Waals surface area contributed by atoms with Crippen molar-refractivity contribution in [3.05, 3.63) is 62.0 Å². The van der Waals surface area contributed by atoms with Gasteiger partial charge in [-0.2, -0.15) is 0 Å². The molecule has 20 heavy (non-hydrogen) atoms. The highest BCUT2D eigenvalue weighted by Crippen LogP contribution is 2.26. The second-order valence-corrected chi connectivity index (χ2v) is 5.79. The molecule has 6 heteroatoms. The topological polar surface area (TPSA) is 29.5 Å². The van der Waals surface area contributed by atoms with Gasteiger partial charge in [-0.25, -0.2) is 8.78 Å². The minimum absolute atomic E-state index is 0.161. The van der Waals surface area contributed by atoms with Crippen molar-refractivity contribution in [1.82, 2.24) is 0 Å². The number of rotatable bonds is 4. The lowest BCUT2D eigenvalue weighted by molar-refractivity contribution is 0.255. The van der Waals surface area contributed by atoms with Crippen molar-refractivity contribution in [2.45, 2.75) is 13.2 Å². The summed E-state index contributed by atoms with van der Waals surface area (Å²) >= 11 is 6.27. The lowest BCUT2D eigenvalue weighted by atomic mass is 10.2. The van der Waals surface area contributed by atoms with Crippen LogP contribution >= 0.6 is 31.9 Å². The molecule has 0 aliphatic heterocycles. The summed E-state index contributed by atoms with van der Waals surface area (Å²) in [4.78, 5) is 0. The Morgan fingerprint density at radius 2 is 1.85 bits per heavy atom. The summed E-state index contributed by atoms with van der Waals surface area (Å²) in [6, 6.07) is 7.50. The molecule has 0 fully saturated rings. The number of halogens is 4. The summed E-state index contributed by atoms with van der Waals surface area (Å²) in [6.45, 7) is -0.482. The highest BCUT2D eigenvalue weighted by atomic mass is 79.9. The Hall–Kier alpha value is -0.980. The summed E-state index contributed by atoms with van der Waals surface area (Å²) in [5, 5.41) is 9.24. The van der Waals surface area contributed by atoms with Gasteiger partial charge in [-0.05, 0) is 46.3 Å². The van der Waals surface area contributed by atoms with Crippen LogP contribution in [0.1, 0.15) is 11.1 Å². The minimum Gasteiger partial charge on any atom is -0.488 e. The van der Waals surface area contributed by atoms with Crippen molar-refractivity contribution in [1.29, 1.82) is 0 Å². The Morgan fingerprint density at radius 1 is 1.10 bits per heavy atom. The summed E-state index contributed by atoms with van der Waals surface area (Å²) in [5.74, 6) is -0.976. The maximum Gasteiger partial charge on any atom is 0.146 e. The van der Waals surface area contributed by atoms with Gasteiger partial charge in [0.15, 0.2) is 0 Å². The van der Waals surface area contributed by atoms with E-state index >= 15 is 0 Å². The monoisotopic (exact) mass is 406 g/mol. The Kier molecular flexibility index (Phi) is 5.12. The van der Waals surface area contributed by atoms with Crippen LogP contribution in [0.4, 0.5) is 8.78 Å². The normalized spacial score (nSPS) is 10.7. The van der Waals surface area contributed by atoms with Gasteiger partial charge >= 0.3 is 0 Å². The first kappa shape index (κ1) is 15.4. The van der Waals surface area contributed by atoms with Gasteiger partial charge in [-0.3, -0.25) is 0 Å². The average molecular weight is 408 g/mol. The molecule has 2 aromatic rings. The van der Waals surface area contributed by atoms with Gasteiger partial charge in [0.05, 0.1) is 16.6 Å². The first-order valence-corrected chi connectivity index (χ1v) is 7.26. The number of aliphatic hydroxyl groups is 1. The smallest absolute Gasteiger partial charge is 0.146 e. The van der Waals surface area contributed by atoms with E-state index in [1.54, 1.807) is 18.2 Å². The van der Waals surface area contributed by atoms with Crippen LogP contribution in [0.5, 0.6) is 5.75 Å². The summed E-state index contributed by atoms with van der Waals surface area (Å²) in [6.07, 6.45) is 0. The van der Waals surface area contributed by atoms with Crippen molar-refractivity contribution in [2.75, 3.05) is 0 Å². The first-order chi connectivity index (χ1) is 9.52. The Morgan fingerprint density at radius 3 is 2.55 bits per heavy atom. The molecule has 2 nitrogen and oxygen atoms in total. The number of hydrogen-bond donors (Lipinski definition) is 1. The standard InChI is InChI=1S/C14H10Br2F2O2/c15-9-1-4-13(8(5-9)6-19)20-7-10-12(17)3-2-11(16)14(10)18/h1-5,19H,6-7H2. The highest BCUT2D eigenvalue weighted by molar-refractivity contribution is 9.10. The van der Waals surface area contributed by atoms with Gasteiger partial charge in [0, 0.05) is 10.0 Å². The van der Waals surface area contributed by atoms with Crippen LogP contribution in [0.2, 0.25) is 0 Å². The van der Waals surface area contributed by atoms with E-state index in [4.69, 9.17) is 4.74 Å². The molecule has 0 bridgehead atoms. The predicted octanol–water partition coefficient (Wildman–Crippen LogP) is 4.56. The Bertz CT molecular complexity index is 633. The molecule has 0 atom stereocenters. The molecule has 0 aliphatic rings. The van der Waals surface area contributed by atoms with E-state index in [-0.39, 0.29) is 23.2 Å². The summed E-state index contributed by atoms with van der Waals surface area (Å²) in [5.41, 5.74) is 0.376. The van der Waals surface area contributed by atoms with Gasteiger partial charge in [-0.1, -0.05) is 15.9 Å². The molecule has 0 saturated carbocycles. The second kappa shape index (κ2) is 6.65. The highest BCUT2D eigenvalue weighted by Gasteiger charge is 2.14. The van der Waals surface area contributed by atoms with E-state index < -0.39 is 11.6 Å². The van der Waals surface area contributed by atoms with E-state index in [9.17, 15) is 13.9 Å². The number of benzene rings is 2. The predicted molar refractivity (Wildman–Crippen MR) is 78.5 cm³/mol. The zero-order chi connectivity index (χ0) is 14.7. The molecule has 0 radical (unpaired) electrons. The maximum atomic E-state index is 13.8. The number of ether oxygens (including phenoxy) is 1. The number of aliphatic hydroxyl groups excluding tert-OH is 1. The van der Waals surface area contributed by atoms with Crippen LogP contribution in [0.25, 0.3) is 0 Å². The SMILES string of the molecule is OCc1cc(Br)ccc1OCc1c(F)ccc(Br)c1F. The van der Waals surface area contributed by atoms with Crippen molar-refractivity contribution in [3.63, 3.8) is 0 Å². The lowest BCUT2D eigenvalue weighted by Crippen LogP contribution is -2.04. The van der Waals surface area contributed by atoms with Crippen LogP contribution in [0, 0.1) is 11.6 Å². The van der Waals surface area contributed by atoms with Gasteiger partial charge in [-0.15, -0.1) is 0 Å². The third-order valence-corrected chi connectivity index (χ3v) is 3.81. The largest absolute Gasteiger partial charge is 0.488 e. The van der Waals surface area contributed by atoms with Gasteiger partial charge in [0.1, 0.15) is 24.0 Å². The Balaban J connectivity index is 2.23. The van der Waals surface area contributed by atoms with Crippen LogP contribution in [-0.2, 0) is 13.2 Å². The third kappa shape index (κ3) is 3.37. The van der Waals surface area contributed by atoms with Crippen LogP contribution in [-0.4, -0.2) is 5.11 Å². The van der Waals surface area contributed by atoms with Gasteiger partial charge in [0.25, 0.3) is 0 Å². The first-order valence-electron chi connectivity index (χ1n) is 5.67. The molecule has 0 spiro atoms. The van der Waals surface area contributed by atoms with Crippen LogP contribution in [0.3, 0.4) is 0 Å². The fraction of sp³-hybridized carbons (Fsp3) is 0.143. The molecule has 0 saturated heterocycles. The molecular weight excluding hydrogens is 398 g/mol. The van der Waals surface area contributed by atoms with Crippen molar-refractivity contribution >= 4 is 31.9 Å². The van der Waals surface area contributed by atoms with Crippen molar-refractivity contribution in [2.24, 2.45) is 0 Å². The third-order valence-electron chi connectivity index (χ3n) is 2.70. The molecule has 0 amide bonds. The quantitative estimate of drug-likeness (QED) is 0.752. The molecule has 1 N–H and O–H groups in total. The van der Waals surface area contributed by atoms with Crippen molar-refractivity contribution in [3.8, 4) is 5.75 Å². The molecule has 0 heterocycles. The lowest BCUT2D eigenvalue weighted by Gasteiger charge is -2.12. The van der Waals surface area contributed by atoms with Crippen LogP contribution in [0.15, 0.2) is 39.3 Å². The average Bonchev–Trinajstić information content (AvgIpc) is 2.44. The molecule has 0 aliphatic carbocycles. The molecule has 106 valence electrons. The fourth-order valence-electron chi connectivity index (χ4n) is 1.66. The minimum atomic E-state index is -0.687. The van der Waals surface area contributed by atoms with Gasteiger partial charge < -0.3 is 9.84 Å². The van der Waals surface area contributed by atoms with E-state index in [0.717, 1.165) is 4.47 Å². The summed E-state index contributed by atoms with van der Waals surface area (Å²) in [7, 11) is 0. The molecule has 2 aromatic carbocycles. The van der Waals surface area contributed by atoms with E-state index in [2.05, 4.69) is 31.9 Å². The zero-order valence-corrected chi connectivity index (χ0v) is 13.3. The fourth-order valence-corrected chi connectivity index (χ4v) is 2.44. The van der Waals surface area contributed by atoms with Gasteiger partial charge in [0.2, 0.25) is 0 Å². The maximum absolute atomic E-state index is 13.8. The molecule has 2 rings (SSSR count). The molecule has 0 aromatic heterocycles. The number of hydrogen-bond acceptors (Lipinski definition) is 2. The van der Waals surface area contributed by atoms with Crippen molar-refractivity contribution < 1.29 is 18.6 Å². The van der Waals surface area contributed by atoms with Crippen LogP contribution < -0.4 is 4.74 Å².